The topological polar surface area (TPSA) is 68.0 Å². The lowest BCUT2D eigenvalue weighted by molar-refractivity contribution is 0.192. The molecule has 2 rings (SSSR count). The van der Waals surface area contributed by atoms with Crippen molar-refractivity contribution in [2.24, 2.45) is 7.05 Å². The molecule has 1 N–H and O–H groups in total. The van der Waals surface area contributed by atoms with Crippen LogP contribution in [0.15, 0.2) is 24.8 Å². The van der Waals surface area contributed by atoms with E-state index < -0.39 is 0 Å². The van der Waals surface area contributed by atoms with E-state index in [1.165, 1.54) is 0 Å². The van der Waals surface area contributed by atoms with Crippen molar-refractivity contribution in [2.75, 3.05) is 6.54 Å². The van der Waals surface area contributed by atoms with Gasteiger partial charge in [-0.05, 0) is 13.3 Å². The van der Waals surface area contributed by atoms with Crippen LogP contribution in [0.25, 0.3) is 0 Å². The van der Waals surface area contributed by atoms with Gasteiger partial charge in [0.15, 0.2) is 0 Å². The number of amides is 2. The monoisotopic (exact) mass is 304 g/mol. The zero-order valence-corrected chi connectivity index (χ0v) is 13.5. The Morgan fingerprint density at radius 3 is 2.82 bits per heavy atom. The summed E-state index contributed by atoms with van der Waals surface area (Å²) in [7, 11) is 1.93. The standard InChI is InChI=1S/C15H24N6O/c1-4-7-20(12-14-16-6-8-19(14)3)15(22)17-9-13-10-18-21(5-2)11-13/h6,8,10-11H,4-5,7,9,12H2,1-3H3,(H,17,22). The molecule has 2 amide bonds. The summed E-state index contributed by atoms with van der Waals surface area (Å²) in [6.07, 6.45) is 8.27. The molecule has 0 aliphatic rings. The van der Waals surface area contributed by atoms with Gasteiger partial charge in [0.1, 0.15) is 5.82 Å². The van der Waals surface area contributed by atoms with Gasteiger partial charge in [0.25, 0.3) is 0 Å². The summed E-state index contributed by atoms with van der Waals surface area (Å²) in [6.45, 7) is 6.62. The molecule has 0 saturated heterocycles. The Morgan fingerprint density at radius 1 is 1.41 bits per heavy atom. The first-order chi connectivity index (χ1) is 10.6. The largest absolute Gasteiger partial charge is 0.337 e. The van der Waals surface area contributed by atoms with Crippen molar-refractivity contribution in [3.63, 3.8) is 0 Å². The van der Waals surface area contributed by atoms with Crippen molar-refractivity contribution in [1.29, 1.82) is 0 Å². The number of aryl methyl sites for hydroxylation is 2. The Labute approximate surface area is 130 Å². The van der Waals surface area contributed by atoms with Gasteiger partial charge < -0.3 is 14.8 Å². The van der Waals surface area contributed by atoms with Gasteiger partial charge in [-0.2, -0.15) is 5.10 Å². The summed E-state index contributed by atoms with van der Waals surface area (Å²) in [4.78, 5) is 18.4. The Hall–Kier alpha value is -2.31. The van der Waals surface area contributed by atoms with Crippen molar-refractivity contribution in [2.45, 2.75) is 39.9 Å². The van der Waals surface area contributed by atoms with Gasteiger partial charge in [0.05, 0.1) is 12.7 Å². The summed E-state index contributed by atoms with van der Waals surface area (Å²) in [5, 5.41) is 7.15. The molecule has 0 aliphatic heterocycles. The van der Waals surface area contributed by atoms with E-state index in [1.807, 2.05) is 35.6 Å². The Kier molecular flexibility index (Phi) is 5.57. The van der Waals surface area contributed by atoms with Crippen LogP contribution in [0.5, 0.6) is 0 Å². The third kappa shape index (κ3) is 4.09. The van der Waals surface area contributed by atoms with Crippen LogP contribution in [0.1, 0.15) is 31.7 Å². The molecule has 0 unspecified atom stereocenters. The predicted octanol–water partition coefficient (Wildman–Crippen LogP) is 1.76. The van der Waals surface area contributed by atoms with Crippen LogP contribution < -0.4 is 5.32 Å². The fourth-order valence-corrected chi connectivity index (χ4v) is 2.20. The lowest BCUT2D eigenvalue weighted by Crippen LogP contribution is -2.40. The van der Waals surface area contributed by atoms with Gasteiger partial charge in [0, 0.05) is 50.8 Å². The number of carbonyl (C=O) groups is 1. The molecular formula is C15H24N6O. The Morgan fingerprint density at radius 2 is 2.23 bits per heavy atom. The van der Waals surface area contributed by atoms with Crippen LogP contribution in [-0.2, 0) is 26.7 Å². The molecule has 2 heterocycles. The van der Waals surface area contributed by atoms with Crippen LogP contribution in [0.3, 0.4) is 0 Å². The molecule has 0 spiro atoms. The van der Waals surface area contributed by atoms with Crippen molar-refractivity contribution in [3.8, 4) is 0 Å². The second-order valence-corrected chi connectivity index (χ2v) is 5.24. The molecule has 120 valence electrons. The van der Waals surface area contributed by atoms with Crippen LogP contribution >= 0.6 is 0 Å². The highest BCUT2D eigenvalue weighted by molar-refractivity contribution is 5.74. The second kappa shape index (κ2) is 7.63. The highest BCUT2D eigenvalue weighted by atomic mass is 16.2. The number of rotatable bonds is 7. The van der Waals surface area contributed by atoms with Crippen LogP contribution in [-0.4, -0.2) is 36.8 Å². The number of aromatic nitrogens is 4. The molecule has 0 bridgehead atoms. The normalized spacial score (nSPS) is 10.7. The quantitative estimate of drug-likeness (QED) is 0.847. The number of hydrogen-bond acceptors (Lipinski definition) is 3. The molecule has 7 nitrogen and oxygen atoms in total. The number of nitrogens with zero attached hydrogens (tertiary/aromatic N) is 5. The summed E-state index contributed by atoms with van der Waals surface area (Å²) >= 11 is 0. The van der Waals surface area contributed by atoms with E-state index in [0.717, 1.165) is 24.4 Å². The van der Waals surface area contributed by atoms with Crippen molar-refractivity contribution < 1.29 is 4.79 Å². The average molecular weight is 304 g/mol. The maximum absolute atomic E-state index is 12.4. The molecule has 0 saturated carbocycles. The number of urea groups is 1. The predicted molar refractivity (Wildman–Crippen MR) is 84.0 cm³/mol. The number of carbonyl (C=O) groups excluding carboxylic acids is 1. The van der Waals surface area contributed by atoms with Gasteiger partial charge in [-0.25, -0.2) is 9.78 Å². The lowest BCUT2D eigenvalue weighted by Gasteiger charge is -2.22. The minimum atomic E-state index is -0.0749. The van der Waals surface area contributed by atoms with Crippen molar-refractivity contribution >= 4 is 6.03 Å². The number of hydrogen-bond donors (Lipinski definition) is 1. The van der Waals surface area contributed by atoms with E-state index in [1.54, 1.807) is 17.3 Å². The molecule has 0 radical (unpaired) electrons. The first-order valence-corrected chi connectivity index (χ1v) is 7.64. The summed E-state index contributed by atoms with van der Waals surface area (Å²) in [5.74, 6) is 0.877. The van der Waals surface area contributed by atoms with Gasteiger partial charge in [-0.15, -0.1) is 0 Å². The molecule has 7 heteroatoms. The summed E-state index contributed by atoms with van der Waals surface area (Å²) < 4.78 is 3.78. The van der Waals surface area contributed by atoms with E-state index >= 15 is 0 Å². The molecule has 0 aliphatic carbocycles. The number of imidazole rings is 1. The van der Waals surface area contributed by atoms with E-state index in [0.29, 0.717) is 19.6 Å². The third-order valence-corrected chi connectivity index (χ3v) is 3.49. The van der Waals surface area contributed by atoms with Gasteiger partial charge in [-0.3, -0.25) is 4.68 Å². The second-order valence-electron chi connectivity index (χ2n) is 5.24. The minimum Gasteiger partial charge on any atom is -0.337 e. The molecule has 0 atom stereocenters. The first-order valence-electron chi connectivity index (χ1n) is 7.64. The van der Waals surface area contributed by atoms with Gasteiger partial charge in [-0.1, -0.05) is 6.92 Å². The highest BCUT2D eigenvalue weighted by Gasteiger charge is 2.15. The molecular weight excluding hydrogens is 280 g/mol. The van der Waals surface area contributed by atoms with E-state index in [9.17, 15) is 4.79 Å². The molecule has 2 aromatic rings. The van der Waals surface area contributed by atoms with Crippen molar-refractivity contribution in [1.82, 2.24) is 29.5 Å². The highest BCUT2D eigenvalue weighted by Crippen LogP contribution is 2.04. The number of nitrogens with one attached hydrogen (secondary N) is 1. The van der Waals surface area contributed by atoms with Crippen LogP contribution in [0.2, 0.25) is 0 Å². The molecule has 2 aromatic heterocycles. The maximum atomic E-state index is 12.4. The minimum absolute atomic E-state index is 0.0749. The fraction of sp³-hybridized carbons (Fsp3) is 0.533. The van der Waals surface area contributed by atoms with E-state index in [4.69, 9.17) is 0 Å². The molecule has 0 fully saturated rings. The maximum Gasteiger partial charge on any atom is 0.318 e. The first kappa shape index (κ1) is 16.1. The average Bonchev–Trinajstić information content (AvgIpc) is 3.13. The lowest BCUT2D eigenvalue weighted by atomic mass is 10.3. The van der Waals surface area contributed by atoms with E-state index in [-0.39, 0.29) is 6.03 Å². The van der Waals surface area contributed by atoms with Crippen LogP contribution in [0, 0.1) is 0 Å². The van der Waals surface area contributed by atoms with Crippen LogP contribution in [0.4, 0.5) is 4.79 Å². The van der Waals surface area contributed by atoms with Gasteiger partial charge in [0.2, 0.25) is 0 Å². The third-order valence-electron chi connectivity index (χ3n) is 3.49. The van der Waals surface area contributed by atoms with Crippen molar-refractivity contribution in [3.05, 3.63) is 36.2 Å². The van der Waals surface area contributed by atoms with E-state index in [2.05, 4.69) is 22.3 Å². The van der Waals surface area contributed by atoms with Gasteiger partial charge >= 0.3 is 6.03 Å². The zero-order valence-electron chi connectivity index (χ0n) is 13.5. The zero-order chi connectivity index (χ0) is 15.9. The smallest absolute Gasteiger partial charge is 0.318 e. The summed E-state index contributed by atoms with van der Waals surface area (Å²) in [6, 6.07) is -0.0749. The SMILES string of the molecule is CCCN(Cc1nccn1C)C(=O)NCc1cnn(CC)c1. The summed E-state index contributed by atoms with van der Waals surface area (Å²) in [5.41, 5.74) is 1.00. The Bertz CT molecular complexity index is 603. The fourth-order valence-electron chi connectivity index (χ4n) is 2.20. The molecule has 0 aromatic carbocycles. The Balaban J connectivity index is 1.92. The molecule has 22 heavy (non-hydrogen) atoms.